The molecule has 0 fully saturated rings. The van der Waals surface area contributed by atoms with Gasteiger partial charge in [0, 0.05) is 33.1 Å². The van der Waals surface area contributed by atoms with Crippen LogP contribution >= 0.6 is 0 Å². The van der Waals surface area contributed by atoms with Crippen LogP contribution in [0.1, 0.15) is 36.8 Å². The number of ether oxygens (including phenoxy) is 3. The fourth-order valence-electron chi connectivity index (χ4n) is 4.37. The molecule has 9 heteroatoms. The molecule has 2 atom stereocenters. The molecule has 0 saturated carbocycles. The molecule has 0 saturated heterocycles. The molecule has 2 unspecified atom stereocenters. The summed E-state index contributed by atoms with van der Waals surface area (Å²) in [4.78, 5) is 36.7. The highest BCUT2D eigenvalue weighted by atomic mass is 16.5. The molecule has 35 heavy (non-hydrogen) atoms. The van der Waals surface area contributed by atoms with E-state index in [0.29, 0.717) is 0 Å². The summed E-state index contributed by atoms with van der Waals surface area (Å²) in [5.74, 6) is -1.84. The Labute approximate surface area is 204 Å². The molecule has 2 aromatic carbocycles. The lowest BCUT2D eigenvalue weighted by Gasteiger charge is -2.30. The van der Waals surface area contributed by atoms with Crippen molar-refractivity contribution in [1.29, 1.82) is 0 Å². The lowest BCUT2D eigenvalue weighted by atomic mass is 9.96. The van der Waals surface area contributed by atoms with Crippen molar-refractivity contribution in [3.63, 3.8) is 0 Å². The van der Waals surface area contributed by atoms with Gasteiger partial charge in [0.15, 0.2) is 5.54 Å². The summed E-state index contributed by atoms with van der Waals surface area (Å²) in [6, 6.07) is 16.1. The van der Waals surface area contributed by atoms with Crippen molar-refractivity contribution in [1.82, 2.24) is 10.6 Å². The summed E-state index contributed by atoms with van der Waals surface area (Å²) in [6.07, 6.45) is -1.28. The molecule has 0 spiro atoms. The van der Waals surface area contributed by atoms with Gasteiger partial charge < -0.3 is 30.0 Å². The highest BCUT2D eigenvalue weighted by molar-refractivity contribution is 5.89. The number of benzene rings is 2. The van der Waals surface area contributed by atoms with E-state index in [9.17, 15) is 19.5 Å². The molecule has 3 N–H and O–H groups in total. The van der Waals surface area contributed by atoms with Crippen LogP contribution in [0.2, 0.25) is 0 Å². The Hall–Kier alpha value is -3.43. The maximum absolute atomic E-state index is 12.6. The third-order valence-electron chi connectivity index (χ3n) is 6.36. The molecule has 2 amide bonds. The third kappa shape index (κ3) is 5.80. The van der Waals surface area contributed by atoms with Gasteiger partial charge in [0.05, 0.1) is 6.61 Å². The first-order chi connectivity index (χ1) is 16.9. The van der Waals surface area contributed by atoms with E-state index in [1.54, 1.807) is 6.92 Å². The molecule has 0 aromatic heterocycles. The molecule has 0 heterocycles. The van der Waals surface area contributed by atoms with Crippen molar-refractivity contribution < 1.29 is 33.7 Å². The maximum Gasteiger partial charge on any atom is 0.407 e. The first-order valence-electron chi connectivity index (χ1n) is 11.5. The number of nitrogens with one attached hydrogen (secondary N) is 2. The summed E-state index contributed by atoms with van der Waals surface area (Å²) in [7, 11) is 2.72. The van der Waals surface area contributed by atoms with Gasteiger partial charge in [-0.2, -0.15) is 0 Å². The van der Waals surface area contributed by atoms with Crippen LogP contribution in [-0.2, 0) is 23.8 Å². The summed E-state index contributed by atoms with van der Waals surface area (Å²) in [6.45, 7) is 1.76. The van der Waals surface area contributed by atoms with Crippen molar-refractivity contribution in [2.45, 2.75) is 37.3 Å². The van der Waals surface area contributed by atoms with Crippen LogP contribution in [0, 0.1) is 0 Å². The minimum absolute atomic E-state index is 0.0513. The van der Waals surface area contributed by atoms with Gasteiger partial charge in [-0.05, 0) is 28.7 Å². The van der Waals surface area contributed by atoms with Crippen molar-refractivity contribution in [2.75, 3.05) is 34.0 Å². The molecular formula is C26H32N2O7. The van der Waals surface area contributed by atoms with Crippen LogP contribution in [0.25, 0.3) is 11.1 Å². The van der Waals surface area contributed by atoms with Gasteiger partial charge in [0.25, 0.3) is 0 Å². The monoisotopic (exact) mass is 484 g/mol. The fraction of sp³-hybridized carbons (Fsp3) is 0.423. The number of carbonyl (C=O) groups is 3. The van der Waals surface area contributed by atoms with Crippen molar-refractivity contribution in [3.05, 3.63) is 59.7 Å². The molecule has 0 aliphatic heterocycles. The Kier molecular flexibility index (Phi) is 8.84. The minimum Gasteiger partial charge on any atom is -0.479 e. The highest BCUT2D eigenvalue weighted by Gasteiger charge is 2.40. The Bertz CT molecular complexity index is 1010. The summed E-state index contributed by atoms with van der Waals surface area (Å²) in [5, 5.41) is 14.7. The molecule has 0 radical (unpaired) electrons. The number of amides is 2. The van der Waals surface area contributed by atoms with Gasteiger partial charge in [0.1, 0.15) is 12.7 Å². The zero-order chi connectivity index (χ0) is 25.4. The number of aliphatic carboxylic acids is 1. The van der Waals surface area contributed by atoms with E-state index < -0.39 is 29.6 Å². The smallest absolute Gasteiger partial charge is 0.407 e. The van der Waals surface area contributed by atoms with Crippen LogP contribution in [0.5, 0.6) is 0 Å². The first kappa shape index (κ1) is 26.2. The predicted molar refractivity (Wildman–Crippen MR) is 129 cm³/mol. The molecule has 188 valence electrons. The van der Waals surface area contributed by atoms with E-state index in [1.165, 1.54) is 14.2 Å². The largest absolute Gasteiger partial charge is 0.479 e. The van der Waals surface area contributed by atoms with Crippen LogP contribution in [0.15, 0.2) is 48.5 Å². The highest BCUT2D eigenvalue weighted by Crippen LogP contribution is 2.44. The molecule has 1 aliphatic rings. The number of carboxylic acid groups (broad SMARTS) is 1. The van der Waals surface area contributed by atoms with Crippen molar-refractivity contribution in [2.24, 2.45) is 0 Å². The molecule has 0 bridgehead atoms. The van der Waals surface area contributed by atoms with Crippen LogP contribution in [0.4, 0.5) is 4.79 Å². The van der Waals surface area contributed by atoms with Crippen molar-refractivity contribution in [3.8, 4) is 11.1 Å². The zero-order valence-corrected chi connectivity index (χ0v) is 20.2. The van der Waals surface area contributed by atoms with Gasteiger partial charge in [-0.25, -0.2) is 9.59 Å². The van der Waals surface area contributed by atoms with Gasteiger partial charge in [-0.15, -0.1) is 0 Å². The van der Waals surface area contributed by atoms with Gasteiger partial charge in [-0.3, -0.25) is 4.79 Å². The number of carbonyl (C=O) groups excluding carboxylic acids is 2. The van der Waals surface area contributed by atoms with E-state index in [0.717, 1.165) is 22.3 Å². The van der Waals surface area contributed by atoms with E-state index in [4.69, 9.17) is 14.2 Å². The second kappa shape index (κ2) is 11.8. The van der Waals surface area contributed by atoms with E-state index >= 15 is 0 Å². The first-order valence-corrected chi connectivity index (χ1v) is 11.5. The fourth-order valence-corrected chi connectivity index (χ4v) is 4.37. The molecule has 1 aliphatic carbocycles. The Morgan fingerprint density at radius 3 is 2.14 bits per heavy atom. The number of hydrogen-bond acceptors (Lipinski definition) is 6. The second-order valence-electron chi connectivity index (χ2n) is 8.43. The molecular weight excluding hydrogens is 452 g/mol. The number of carboxylic acids is 1. The number of alkyl carbamates (subject to hydrolysis) is 1. The maximum atomic E-state index is 12.6. The topological polar surface area (TPSA) is 123 Å². The van der Waals surface area contributed by atoms with Crippen LogP contribution in [-0.4, -0.2) is 68.7 Å². The lowest BCUT2D eigenvalue weighted by molar-refractivity contribution is -0.152. The van der Waals surface area contributed by atoms with E-state index in [-0.39, 0.29) is 38.5 Å². The van der Waals surface area contributed by atoms with Gasteiger partial charge in [-0.1, -0.05) is 55.5 Å². The molecule has 9 nitrogen and oxygen atoms in total. The summed E-state index contributed by atoms with van der Waals surface area (Å²) in [5.41, 5.74) is 2.97. The van der Waals surface area contributed by atoms with E-state index in [2.05, 4.69) is 22.8 Å². The van der Waals surface area contributed by atoms with E-state index in [1.807, 2.05) is 36.4 Å². The number of fused-ring (bicyclic) bond motifs is 3. The number of hydrogen-bond donors (Lipinski definition) is 3. The number of rotatable bonds is 12. The van der Waals surface area contributed by atoms with Gasteiger partial charge >= 0.3 is 12.1 Å². The lowest BCUT2D eigenvalue weighted by Crippen LogP contribution is -2.59. The Balaban J connectivity index is 1.52. The average Bonchev–Trinajstić information content (AvgIpc) is 3.18. The quantitative estimate of drug-likeness (QED) is 0.423. The standard InChI is InChI=1S/C26H32N2O7/c1-4-26(16-33-2,24(30)31)28-23(29)22(34-3)13-14-27-25(32)35-15-21-19-11-7-5-9-17(19)18-10-6-8-12-20(18)21/h5-12,21-22H,4,13-16H2,1-3H3,(H,27,32)(H,28,29)(H,30,31). The summed E-state index contributed by atoms with van der Waals surface area (Å²) < 4.78 is 15.7. The SMILES string of the molecule is CCC(COC)(NC(=O)C(CCNC(=O)OCC1c2ccccc2-c2ccccc21)OC)C(=O)O. The third-order valence-corrected chi connectivity index (χ3v) is 6.36. The Morgan fingerprint density at radius 1 is 1.03 bits per heavy atom. The zero-order valence-electron chi connectivity index (χ0n) is 20.2. The molecule has 2 aromatic rings. The van der Waals surface area contributed by atoms with Gasteiger partial charge in [0.2, 0.25) is 5.91 Å². The Morgan fingerprint density at radius 2 is 1.63 bits per heavy atom. The average molecular weight is 485 g/mol. The van der Waals surface area contributed by atoms with Crippen LogP contribution in [0.3, 0.4) is 0 Å². The predicted octanol–water partition coefficient (Wildman–Crippen LogP) is 2.93. The number of methoxy groups -OCH3 is 2. The normalized spacial score (nSPS) is 14.8. The minimum atomic E-state index is -1.55. The van der Waals surface area contributed by atoms with Crippen molar-refractivity contribution >= 4 is 18.0 Å². The van der Waals surface area contributed by atoms with Crippen LogP contribution < -0.4 is 10.6 Å². The second-order valence-corrected chi connectivity index (χ2v) is 8.43. The molecule has 3 rings (SSSR count). The summed E-state index contributed by atoms with van der Waals surface area (Å²) >= 11 is 0.